The number of guanidine groups is 1. The second kappa shape index (κ2) is 9.70. The van der Waals surface area contributed by atoms with Crippen LogP contribution in [0.3, 0.4) is 0 Å². The highest BCUT2D eigenvalue weighted by atomic mass is 16.5. The van der Waals surface area contributed by atoms with Gasteiger partial charge in [-0.05, 0) is 24.3 Å². The Balaban J connectivity index is 1.64. The SMILES string of the molecule is O=C(NC(=NCCN1CCOCC1)Nc1ccccc1)c1ccccc1. The van der Waals surface area contributed by atoms with Gasteiger partial charge in [-0.25, -0.2) is 0 Å². The van der Waals surface area contributed by atoms with Crippen LogP contribution in [0.25, 0.3) is 0 Å². The van der Waals surface area contributed by atoms with Gasteiger partial charge >= 0.3 is 0 Å². The summed E-state index contributed by atoms with van der Waals surface area (Å²) >= 11 is 0. The molecule has 0 bridgehead atoms. The zero-order chi connectivity index (χ0) is 18.0. The number of nitrogens with zero attached hydrogens (tertiary/aromatic N) is 2. The highest BCUT2D eigenvalue weighted by Crippen LogP contribution is 2.05. The van der Waals surface area contributed by atoms with Gasteiger partial charge in [0, 0.05) is 30.9 Å². The summed E-state index contributed by atoms with van der Waals surface area (Å²) in [6, 6.07) is 18.8. The van der Waals surface area contributed by atoms with Crippen LogP contribution in [0.4, 0.5) is 5.69 Å². The second-order valence-corrected chi connectivity index (χ2v) is 6.00. The summed E-state index contributed by atoms with van der Waals surface area (Å²) in [5, 5.41) is 6.07. The van der Waals surface area contributed by atoms with E-state index in [1.807, 2.05) is 48.5 Å². The van der Waals surface area contributed by atoms with Crippen LogP contribution in [0.5, 0.6) is 0 Å². The highest BCUT2D eigenvalue weighted by molar-refractivity contribution is 6.09. The van der Waals surface area contributed by atoms with Gasteiger partial charge in [-0.15, -0.1) is 0 Å². The first kappa shape index (κ1) is 18.1. The van der Waals surface area contributed by atoms with Crippen LogP contribution in [0.15, 0.2) is 65.7 Å². The van der Waals surface area contributed by atoms with Crippen LogP contribution in [0.2, 0.25) is 0 Å². The number of hydrogen-bond acceptors (Lipinski definition) is 4. The molecule has 1 amide bonds. The first-order valence-electron chi connectivity index (χ1n) is 8.84. The van der Waals surface area contributed by atoms with Crippen molar-refractivity contribution >= 4 is 17.6 Å². The van der Waals surface area contributed by atoms with Crippen LogP contribution >= 0.6 is 0 Å². The Morgan fingerprint density at radius 3 is 2.35 bits per heavy atom. The number of hydrogen-bond donors (Lipinski definition) is 2. The van der Waals surface area contributed by atoms with Crippen molar-refractivity contribution in [1.82, 2.24) is 10.2 Å². The fourth-order valence-corrected chi connectivity index (χ4v) is 2.67. The van der Waals surface area contributed by atoms with Crippen LogP contribution in [-0.2, 0) is 4.74 Å². The highest BCUT2D eigenvalue weighted by Gasteiger charge is 2.11. The van der Waals surface area contributed by atoms with E-state index >= 15 is 0 Å². The van der Waals surface area contributed by atoms with Crippen LogP contribution in [0.1, 0.15) is 10.4 Å². The Bertz CT molecular complexity index is 713. The van der Waals surface area contributed by atoms with Gasteiger partial charge in [0.25, 0.3) is 5.91 Å². The molecule has 6 nitrogen and oxygen atoms in total. The van der Waals surface area contributed by atoms with Crippen LogP contribution in [0, 0.1) is 0 Å². The van der Waals surface area contributed by atoms with E-state index in [9.17, 15) is 4.79 Å². The summed E-state index contributed by atoms with van der Waals surface area (Å²) in [7, 11) is 0. The maximum atomic E-state index is 12.5. The Labute approximate surface area is 153 Å². The molecule has 2 aromatic rings. The lowest BCUT2D eigenvalue weighted by molar-refractivity contribution is 0.0394. The molecule has 3 rings (SSSR count). The predicted octanol–water partition coefficient (Wildman–Crippen LogP) is 2.22. The van der Waals surface area contributed by atoms with Crippen molar-refractivity contribution < 1.29 is 9.53 Å². The minimum absolute atomic E-state index is 0.181. The summed E-state index contributed by atoms with van der Waals surface area (Å²) in [6.07, 6.45) is 0. The van der Waals surface area contributed by atoms with Crippen molar-refractivity contribution in [2.75, 3.05) is 44.7 Å². The van der Waals surface area contributed by atoms with E-state index in [0.29, 0.717) is 18.1 Å². The number of amides is 1. The summed E-state index contributed by atoms with van der Waals surface area (Å²) in [6.45, 7) is 4.82. The van der Waals surface area contributed by atoms with Gasteiger partial charge in [0.2, 0.25) is 5.96 Å². The van der Waals surface area contributed by atoms with Crippen molar-refractivity contribution in [3.63, 3.8) is 0 Å². The molecular formula is C20H24N4O2. The van der Waals surface area contributed by atoms with Gasteiger partial charge in [0.1, 0.15) is 0 Å². The lowest BCUT2D eigenvalue weighted by Crippen LogP contribution is -2.39. The Morgan fingerprint density at radius 2 is 1.65 bits per heavy atom. The zero-order valence-corrected chi connectivity index (χ0v) is 14.7. The molecule has 2 N–H and O–H groups in total. The molecule has 0 unspecified atom stereocenters. The van der Waals surface area contributed by atoms with E-state index in [2.05, 4.69) is 20.5 Å². The monoisotopic (exact) mass is 352 g/mol. The third kappa shape index (κ3) is 5.68. The first-order valence-corrected chi connectivity index (χ1v) is 8.84. The maximum Gasteiger partial charge on any atom is 0.257 e. The third-order valence-electron chi connectivity index (χ3n) is 4.09. The van der Waals surface area contributed by atoms with E-state index in [0.717, 1.165) is 38.5 Å². The number of morpholine rings is 1. The molecule has 1 aliphatic rings. The number of rotatable bonds is 5. The summed E-state index contributed by atoms with van der Waals surface area (Å²) < 4.78 is 5.36. The van der Waals surface area contributed by atoms with E-state index in [-0.39, 0.29) is 5.91 Å². The topological polar surface area (TPSA) is 66.0 Å². The van der Waals surface area contributed by atoms with Crippen molar-refractivity contribution in [3.8, 4) is 0 Å². The smallest absolute Gasteiger partial charge is 0.257 e. The number of anilines is 1. The summed E-state index contributed by atoms with van der Waals surface area (Å²) in [5.41, 5.74) is 1.48. The fourth-order valence-electron chi connectivity index (χ4n) is 2.67. The van der Waals surface area contributed by atoms with E-state index in [1.54, 1.807) is 12.1 Å². The fraction of sp³-hybridized carbons (Fsp3) is 0.300. The molecular weight excluding hydrogens is 328 g/mol. The van der Waals surface area contributed by atoms with E-state index < -0.39 is 0 Å². The number of ether oxygens (including phenoxy) is 1. The Kier molecular flexibility index (Phi) is 6.75. The molecule has 0 aliphatic carbocycles. The standard InChI is InChI=1S/C20H24N4O2/c25-19(17-7-3-1-4-8-17)23-20(22-18-9-5-2-6-10-18)21-11-12-24-13-15-26-16-14-24/h1-10H,11-16H2,(H2,21,22,23,25). The molecule has 1 saturated heterocycles. The van der Waals surface area contributed by atoms with Crippen LogP contribution in [-0.4, -0.2) is 56.2 Å². The van der Waals surface area contributed by atoms with E-state index in [1.165, 1.54) is 0 Å². The number of carbonyl (C=O) groups excluding carboxylic acids is 1. The van der Waals surface area contributed by atoms with Gasteiger partial charge in [0.05, 0.1) is 19.8 Å². The molecule has 1 fully saturated rings. The molecule has 0 atom stereocenters. The normalized spacial score (nSPS) is 15.5. The lowest BCUT2D eigenvalue weighted by Gasteiger charge is -2.25. The van der Waals surface area contributed by atoms with Gasteiger partial charge in [-0.2, -0.15) is 0 Å². The van der Waals surface area contributed by atoms with Gasteiger partial charge in [0.15, 0.2) is 0 Å². The number of aliphatic imine (C=N–C) groups is 1. The predicted molar refractivity (Wildman–Crippen MR) is 104 cm³/mol. The van der Waals surface area contributed by atoms with E-state index in [4.69, 9.17) is 4.74 Å². The molecule has 0 spiro atoms. The number of nitrogens with one attached hydrogen (secondary N) is 2. The Morgan fingerprint density at radius 1 is 1.00 bits per heavy atom. The van der Waals surface area contributed by atoms with Crippen molar-refractivity contribution in [2.24, 2.45) is 4.99 Å². The van der Waals surface area contributed by atoms with Crippen molar-refractivity contribution in [2.45, 2.75) is 0 Å². The average molecular weight is 352 g/mol. The average Bonchev–Trinajstić information content (AvgIpc) is 2.70. The van der Waals surface area contributed by atoms with Gasteiger partial charge in [-0.1, -0.05) is 36.4 Å². The number of benzene rings is 2. The molecule has 0 saturated carbocycles. The molecule has 26 heavy (non-hydrogen) atoms. The minimum atomic E-state index is -0.181. The maximum absolute atomic E-state index is 12.5. The molecule has 6 heteroatoms. The first-order chi connectivity index (χ1) is 12.8. The molecule has 136 valence electrons. The minimum Gasteiger partial charge on any atom is -0.379 e. The third-order valence-corrected chi connectivity index (χ3v) is 4.09. The molecule has 1 aliphatic heterocycles. The molecule has 1 heterocycles. The molecule has 0 radical (unpaired) electrons. The lowest BCUT2D eigenvalue weighted by atomic mass is 10.2. The zero-order valence-electron chi connectivity index (χ0n) is 14.7. The Hall–Kier alpha value is -2.70. The van der Waals surface area contributed by atoms with Crippen molar-refractivity contribution in [3.05, 3.63) is 66.2 Å². The summed E-state index contributed by atoms with van der Waals surface area (Å²) in [4.78, 5) is 19.3. The van der Waals surface area contributed by atoms with Gasteiger partial charge < -0.3 is 10.1 Å². The summed E-state index contributed by atoms with van der Waals surface area (Å²) in [5.74, 6) is 0.275. The second-order valence-electron chi connectivity index (χ2n) is 6.00. The molecule has 0 aromatic heterocycles. The van der Waals surface area contributed by atoms with Crippen LogP contribution < -0.4 is 10.6 Å². The van der Waals surface area contributed by atoms with Crippen molar-refractivity contribution in [1.29, 1.82) is 0 Å². The molecule has 2 aromatic carbocycles. The quantitative estimate of drug-likeness (QED) is 0.640. The van der Waals surface area contributed by atoms with Gasteiger partial charge in [-0.3, -0.25) is 20.0 Å². The number of carbonyl (C=O) groups is 1. The number of para-hydroxylation sites is 1. The largest absolute Gasteiger partial charge is 0.379 e.